The molecule has 0 bridgehead atoms. The first-order chi connectivity index (χ1) is 5.27. The van der Waals surface area contributed by atoms with Gasteiger partial charge in [-0.05, 0) is 19.3 Å². The van der Waals surface area contributed by atoms with Gasteiger partial charge in [-0.3, -0.25) is 4.79 Å². The molecule has 0 rings (SSSR count). The Kier molecular flexibility index (Phi) is 6.68. The lowest BCUT2D eigenvalue weighted by Gasteiger charge is -1.99. The van der Waals surface area contributed by atoms with E-state index in [9.17, 15) is 9.59 Å². The Balaban J connectivity index is 2.90. The Morgan fingerprint density at radius 2 is 2.09 bits per heavy atom. The average molecular weight is 158 g/mol. The number of carbonyl (C=O) groups is 2. The zero-order valence-corrected chi connectivity index (χ0v) is 6.84. The van der Waals surface area contributed by atoms with Crippen LogP contribution in [0.1, 0.15) is 32.6 Å². The summed E-state index contributed by atoms with van der Waals surface area (Å²) in [4.78, 5) is 20.1. The molecule has 0 amide bonds. The van der Waals surface area contributed by atoms with Crippen molar-refractivity contribution in [2.75, 3.05) is 6.61 Å². The molecule has 11 heavy (non-hydrogen) atoms. The van der Waals surface area contributed by atoms with Gasteiger partial charge in [0.05, 0.1) is 6.61 Å². The van der Waals surface area contributed by atoms with E-state index in [1.54, 1.807) is 0 Å². The highest BCUT2D eigenvalue weighted by molar-refractivity contribution is 5.65. The summed E-state index contributed by atoms with van der Waals surface area (Å²) >= 11 is 0. The second-order valence-electron chi connectivity index (χ2n) is 2.36. The van der Waals surface area contributed by atoms with E-state index in [0.29, 0.717) is 13.0 Å². The quantitative estimate of drug-likeness (QED) is 0.332. The number of aldehydes is 1. The largest absolute Gasteiger partial charge is 0.466 e. The molecule has 0 N–H and O–H groups in total. The van der Waals surface area contributed by atoms with Crippen LogP contribution in [-0.4, -0.2) is 18.9 Å². The minimum atomic E-state index is -0.236. The minimum absolute atomic E-state index is 0.236. The Morgan fingerprint density at radius 1 is 1.36 bits per heavy atom. The van der Waals surface area contributed by atoms with Gasteiger partial charge in [0.15, 0.2) is 0 Å². The maximum atomic E-state index is 10.3. The second kappa shape index (κ2) is 7.25. The van der Waals surface area contributed by atoms with Crippen molar-refractivity contribution in [1.82, 2.24) is 0 Å². The molecule has 0 saturated heterocycles. The van der Waals surface area contributed by atoms with Crippen LogP contribution in [0.5, 0.6) is 0 Å². The van der Waals surface area contributed by atoms with Crippen LogP contribution >= 0.6 is 0 Å². The van der Waals surface area contributed by atoms with Gasteiger partial charge in [-0.25, -0.2) is 0 Å². The molecule has 0 aromatic heterocycles. The SMILES string of the molecule is CC(=O)OCCCCCC=O. The van der Waals surface area contributed by atoms with Gasteiger partial charge in [0.2, 0.25) is 0 Å². The predicted molar refractivity (Wildman–Crippen MR) is 41.2 cm³/mol. The molecule has 0 unspecified atom stereocenters. The van der Waals surface area contributed by atoms with Crippen molar-refractivity contribution in [2.24, 2.45) is 0 Å². The number of ether oxygens (including phenoxy) is 1. The first-order valence-corrected chi connectivity index (χ1v) is 3.84. The van der Waals surface area contributed by atoms with E-state index in [-0.39, 0.29) is 5.97 Å². The number of hydrogen-bond acceptors (Lipinski definition) is 3. The molecule has 0 fully saturated rings. The van der Waals surface area contributed by atoms with E-state index in [1.807, 2.05) is 0 Å². The fraction of sp³-hybridized carbons (Fsp3) is 0.750. The van der Waals surface area contributed by atoms with Crippen molar-refractivity contribution in [1.29, 1.82) is 0 Å². The third kappa shape index (κ3) is 9.14. The zero-order chi connectivity index (χ0) is 8.53. The van der Waals surface area contributed by atoms with Gasteiger partial charge in [-0.15, -0.1) is 0 Å². The van der Waals surface area contributed by atoms with E-state index in [1.165, 1.54) is 6.92 Å². The van der Waals surface area contributed by atoms with E-state index in [4.69, 9.17) is 4.74 Å². The molecule has 0 aliphatic rings. The first kappa shape index (κ1) is 10.1. The Hall–Kier alpha value is -0.860. The monoisotopic (exact) mass is 158 g/mol. The lowest BCUT2D eigenvalue weighted by molar-refractivity contribution is -0.141. The van der Waals surface area contributed by atoms with Crippen LogP contribution in [0.15, 0.2) is 0 Å². The summed E-state index contributed by atoms with van der Waals surface area (Å²) in [6.07, 6.45) is 4.22. The molecule has 0 aliphatic heterocycles. The van der Waals surface area contributed by atoms with Crippen LogP contribution in [0.3, 0.4) is 0 Å². The van der Waals surface area contributed by atoms with E-state index in [2.05, 4.69) is 0 Å². The molecule has 0 aromatic carbocycles. The van der Waals surface area contributed by atoms with Crippen molar-refractivity contribution in [3.63, 3.8) is 0 Å². The molecule has 0 aromatic rings. The Bertz CT molecular complexity index is 121. The molecule has 64 valence electrons. The van der Waals surface area contributed by atoms with Crippen LogP contribution in [0.4, 0.5) is 0 Å². The van der Waals surface area contributed by atoms with Crippen LogP contribution in [0, 0.1) is 0 Å². The molecule has 3 heteroatoms. The highest BCUT2D eigenvalue weighted by Crippen LogP contribution is 1.97. The van der Waals surface area contributed by atoms with Crippen LogP contribution in [0.25, 0.3) is 0 Å². The second-order valence-corrected chi connectivity index (χ2v) is 2.36. The summed E-state index contributed by atoms with van der Waals surface area (Å²) in [6.45, 7) is 1.87. The third-order valence-corrected chi connectivity index (χ3v) is 1.27. The third-order valence-electron chi connectivity index (χ3n) is 1.27. The molecule has 0 heterocycles. The zero-order valence-electron chi connectivity index (χ0n) is 6.84. The molecule has 0 atom stereocenters. The van der Waals surface area contributed by atoms with E-state index < -0.39 is 0 Å². The molecule has 0 saturated carbocycles. The highest BCUT2D eigenvalue weighted by Gasteiger charge is 1.92. The van der Waals surface area contributed by atoms with Gasteiger partial charge in [0.25, 0.3) is 0 Å². The van der Waals surface area contributed by atoms with Gasteiger partial charge in [0.1, 0.15) is 6.29 Å². The fourth-order valence-corrected chi connectivity index (χ4v) is 0.722. The smallest absolute Gasteiger partial charge is 0.302 e. The molecule has 0 radical (unpaired) electrons. The van der Waals surface area contributed by atoms with Crippen molar-refractivity contribution in [3.8, 4) is 0 Å². The summed E-state index contributed by atoms with van der Waals surface area (Å²) in [7, 11) is 0. The average Bonchev–Trinajstić information content (AvgIpc) is 1.96. The maximum Gasteiger partial charge on any atom is 0.302 e. The standard InChI is InChI=1S/C8H14O3/c1-8(10)11-7-5-3-2-4-6-9/h6H,2-5,7H2,1H3. The number of carbonyl (C=O) groups excluding carboxylic acids is 2. The Labute approximate surface area is 66.7 Å². The lowest BCUT2D eigenvalue weighted by Crippen LogP contribution is -2.00. The summed E-state index contributed by atoms with van der Waals surface area (Å²) in [5.41, 5.74) is 0. The number of rotatable bonds is 6. The van der Waals surface area contributed by atoms with Crippen molar-refractivity contribution in [3.05, 3.63) is 0 Å². The fourth-order valence-electron chi connectivity index (χ4n) is 0.722. The van der Waals surface area contributed by atoms with Crippen LogP contribution in [0.2, 0.25) is 0 Å². The van der Waals surface area contributed by atoms with Crippen LogP contribution in [-0.2, 0) is 14.3 Å². The Morgan fingerprint density at radius 3 is 2.64 bits per heavy atom. The van der Waals surface area contributed by atoms with E-state index >= 15 is 0 Å². The number of unbranched alkanes of at least 4 members (excludes halogenated alkanes) is 3. The van der Waals surface area contributed by atoms with Crippen LogP contribution < -0.4 is 0 Å². The van der Waals surface area contributed by atoms with Gasteiger partial charge >= 0.3 is 5.97 Å². The molecular formula is C8H14O3. The summed E-state index contributed by atoms with van der Waals surface area (Å²) in [5.74, 6) is -0.236. The summed E-state index contributed by atoms with van der Waals surface area (Å²) in [5, 5.41) is 0. The predicted octanol–water partition coefficient (Wildman–Crippen LogP) is 1.31. The number of esters is 1. The summed E-state index contributed by atoms with van der Waals surface area (Å²) in [6, 6.07) is 0. The van der Waals surface area contributed by atoms with Crippen molar-refractivity contribution >= 4 is 12.3 Å². The normalized spacial score (nSPS) is 9.18. The molecule has 0 aliphatic carbocycles. The van der Waals surface area contributed by atoms with Gasteiger partial charge in [-0.2, -0.15) is 0 Å². The summed E-state index contributed by atoms with van der Waals surface area (Å²) < 4.78 is 4.69. The van der Waals surface area contributed by atoms with Crippen molar-refractivity contribution in [2.45, 2.75) is 32.6 Å². The maximum absolute atomic E-state index is 10.3. The first-order valence-electron chi connectivity index (χ1n) is 3.84. The van der Waals surface area contributed by atoms with Crippen molar-refractivity contribution < 1.29 is 14.3 Å². The highest BCUT2D eigenvalue weighted by atomic mass is 16.5. The minimum Gasteiger partial charge on any atom is -0.466 e. The molecule has 0 spiro atoms. The molecule has 3 nitrogen and oxygen atoms in total. The van der Waals surface area contributed by atoms with E-state index in [0.717, 1.165) is 25.5 Å². The topological polar surface area (TPSA) is 43.4 Å². The lowest BCUT2D eigenvalue weighted by atomic mass is 10.2. The molecular weight excluding hydrogens is 144 g/mol. The van der Waals surface area contributed by atoms with Gasteiger partial charge < -0.3 is 9.53 Å². The van der Waals surface area contributed by atoms with Gasteiger partial charge in [0, 0.05) is 13.3 Å². The number of hydrogen-bond donors (Lipinski definition) is 0. The van der Waals surface area contributed by atoms with Gasteiger partial charge in [-0.1, -0.05) is 0 Å².